The largest absolute Gasteiger partial charge is 0.469 e. The van der Waals surface area contributed by atoms with Gasteiger partial charge in [-0.15, -0.1) is 0 Å². The van der Waals surface area contributed by atoms with Crippen molar-refractivity contribution in [3.63, 3.8) is 0 Å². The van der Waals surface area contributed by atoms with Crippen LogP contribution < -0.4 is 0 Å². The molecular weight excluding hydrogens is 273 g/mol. The smallest absolute Gasteiger partial charge is 0.416 e. The van der Waals surface area contributed by atoms with Gasteiger partial charge in [-0.25, -0.2) is 0 Å². The van der Waals surface area contributed by atoms with E-state index in [1.807, 2.05) is 0 Å². The lowest BCUT2D eigenvalue weighted by molar-refractivity contribution is -0.154. The number of carbonyl (C=O) groups is 1. The monoisotopic (exact) mass is 286 g/mol. The summed E-state index contributed by atoms with van der Waals surface area (Å²) in [5.74, 6) is -0.775. The summed E-state index contributed by atoms with van der Waals surface area (Å²) in [5, 5.41) is 0. The first kappa shape index (κ1) is 13.4. The maximum absolute atomic E-state index is 12.6. The molecule has 0 aromatic heterocycles. The van der Waals surface area contributed by atoms with Crippen LogP contribution in [-0.4, -0.2) is 25.8 Å². The van der Waals surface area contributed by atoms with Gasteiger partial charge in [0, 0.05) is 5.41 Å². The molecule has 3 nitrogen and oxygen atoms in total. The van der Waals surface area contributed by atoms with Gasteiger partial charge in [-0.2, -0.15) is 13.2 Å². The average molecular weight is 286 g/mol. The first-order valence-corrected chi connectivity index (χ1v) is 6.26. The van der Waals surface area contributed by atoms with Crippen molar-refractivity contribution in [2.24, 2.45) is 5.92 Å². The van der Waals surface area contributed by atoms with Gasteiger partial charge in [0.25, 0.3) is 0 Å². The zero-order valence-electron chi connectivity index (χ0n) is 10.7. The minimum absolute atomic E-state index is 0.176. The van der Waals surface area contributed by atoms with Gasteiger partial charge in [-0.3, -0.25) is 4.79 Å². The highest BCUT2D eigenvalue weighted by Crippen LogP contribution is 2.56. The second kappa shape index (κ2) is 4.22. The highest BCUT2D eigenvalue weighted by atomic mass is 19.4. The summed E-state index contributed by atoms with van der Waals surface area (Å²) in [4.78, 5) is 11.8. The van der Waals surface area contributed by atoms with Crippen molar-refractivity contribution in [1.29, 1.82) is 0 Å². The molecule has 3 unspecified atom stereocenters. The number of esters is 1. The first-order chi connectivity index (χ1) is 9.38. The number of rotatable bonds is 2. The number of hydrogen-bond acceptors (Lipinski definition) is 3. The minimum atomic E-state index is -4.35. The minimum Gasteiger partial charge on any atom is -0.469 e. The van der Waals surface area contributed by atoms with E-state index in [4.69, 9.17) is 9.47 Å². The van der Waals surface area contributed by atoms with Gasteiger partial charge < -0.3 is 9.47 Å². The van der Waals surface area contributed by atoms with Crippen molar-refractivity contribution in [3.05, 3.63) is 35.4 Å². The molecule has 20 heavy (non-hydrogen) atoms. The van der Waals surface area contributed by atoms with Crippen molar-refractivity contribution < 1.29 is 27.4 Å². The Labute approximate surface area is 113 Å². The quantitative estimate of drug-likeness (QED) is 0.784. The second-order valence-electron chi connectivity index (χ2n) is 5.29. The Morgan fingerprint density at radius 2 is 2.00 bits per heavy atom. The van der Waals surface area contributed by atoms with Crippen molar-refractivity contribution in [1.82, 2.24) is 0 Å². The molecule has 1 saturated carbocycles. The normalized spacial score (nSPS) is 31.8. The fourth-order valence-electron chi connectivity index (χ4n) is 3.23. The van der Waals surface area contributed by atoms with Gasteiger partial charge in [0.15, 0.2) is 0 Å². The Bertz CT molecular complexity index is 534. The summed E-state index contributed by atoms with van der Waals surface area (Å²) in [5.41, 5.74) is -0.515. The lowest BCUT2D eigenvalue weighted by Crippen LogP contribution is -2.52. The maximum atomic E-state index is 12.6. The van der Waals surface area contributed by atoms with Crippen molar-refractivity contribution in [3.8, 4) is 0 Å². The first-order valence-electron chi connectivity index (χ1n) is 6.26. The van der Waals surface area contributed by atoms with E-state index in [1.54, 1.807) is 0 Å². The van der Waals surface area contributed by atoms with Crippen molar-refractivity contribution in [2.75, 3.05) is 13.7 Å². The molecule has 1 aromatic rings. The molecule has 3 atom stereocenters. The SMILES string of the molecule is COC(=O)C1C2CC1(c1ccc(C(F)(F)F)cc1)CO2. The predicted octanol–water partition coefficient (Wildman–Crippen LogP) is 2.53. The Morgan fingerprint density at radius 1 is 1.35 bits per heavy atom. The van der Waals surface area contributed by atoms with Crippen LogP contribution in [0.15, 0.2) is 24.3 Å². The molecule has 2 heterocycles. The number of hydrogen-bond donors (Lipinski definition) is 0. The molecule has 108 valence electrons. The standard InChI is InChI=1S/C14H13F3O3/c1-19-12(18)11-10-6-13(11,7-20-10)8-2-4-9(5-3-8)14(15,16)17/h2-5,10-11H,6-7H2,1H3. The summed E-state index contributed by atoms with van der Waals surface area (Å²) in [7, 11) is 1.31. The Balaban J connectivity index is 1.91. The van der Waals surface area contributed by atoms with Crippen LogP contribution >= 0.6 is 0 Å². The summed E-state index contributed by atoms with van der Waals surface area (Å²) < 4.78 is 47.9. The lowest BCUT2D eigenvalue weighted by atomic mass is 9.57. The third-order valence-corrected chi connectivity index (χ3v) is 4.33. The maximum Gasteiger partial charge on any atom is 0.416 e. The van der Waals surface area contributed by atoms with Gasteiger partial charge in [0.2, 0.25) is 0 Å². The fraction of sp³-hybridized carbons (Fsp3) is 0.500. The molecule has 3 fully saturated rings. The highest BCUT2D eigenvalue weighted by molar-refractivity contribution is 5.78. The number of carbonyl (C=O) groups excluding carboxylic acids is 1. The summed E-state index contributed by atoms with van der Waals surface area (Å²) in [6, 6.07) is 4.96. The van der Waals surface area contributed by atoms with Crippen LogP contribution in [0.1, 0.15) is 17.5 Å². The predicted molar refractivity (Wildman–Crippen MR) is 63.0 cm³/mol. The molecule has 4 rings (SSSR count). The molecule has 6 heteroatoms. The van der Waals surface area contributed by atoms with E-state index in [0.29, 0.717) is 18.6 Å². The molecule has 2 saturated heterocycles. The van der Waals surface area contributed by atoms with Gasteiger partial charge in [-0.05, 0) is 24.1 Å². The third-order valence-electron chi connectivity index (χ3n) is 4.33. The van der Waals surface area contributed by atoms with Crippen LogP contribution in [0.3, 0.4) is 0 Å². The molecule has 0 spiro atoms. The number of ether oxygens (including phenoxy) is 2. The van der Waals surface area contributed by atoms with Crippen LogP contribution in [0.5, 0.6) is 0 Å². The number of alkyl halides is 3. The van der Waals surface area contributed by atoms with Crippen molar-refractivity contribution in [2.45, 2.75) is 24.1 Å². The van der Waals surface area contributed by atoms with E-state index in [1.165, 1.54) is 19.2 Å². The number of halogens is 3. The number of benzene rings is 1. The average Bonchev–Trinajstić information content (AvgIpc) is 2.97. The molecule has 0 amide bonds. The second-order valence-corrected chi connectivity index (χ2v) is 5.29. The van der Waals surface area contributed by atoms with E-state index < -0.39 is 23.1 Å². The number of methoxy groups -OCH3 is 1. The number of fused-ring (bicyclic) bond motifs is 1. The molecule has 2 aliphatic heterocycles. The van der Waals surface area contributed by atoms with Gasteiger partial charge >= 0.3 is 12.1 Å². The molecule has 1 aliphatic carbocycles. The van der Waals surface area contributed by atoms with Crippen LogP contribution in [0.2, 0.25) is 0 Å². The summed E-state index contributed by atoms with van der Waals surface area (Å²) in [6.07, 6.45) is -3.88. The molecule has 3 aliphatic rings. The summed E-state index contributed by atoms with van der Waals surface area (Å²) in [6.45, 7) is 0.350. The highest BCUT2D eigenvalue weighted by Gasteiger charge is 2.65. The molecule has 0 radical (unpaired) electrons. The molecular formula is C14H13F3O3. The van der Waals surface area contributed by atoms with Crippen LogP contribution in [0.4, 0.5) is 13.2 Å². The lowest BCUT2D eigenvalue weighted by Gasteiger charge is -2.43. The van der Waals surface area contributed by atoms with Crippen LogP contribution in [0.25, 0.3) is 0 Å². The van der Waals surface area contributed by atoms with Crippen LogP contribution in [-0.2, 0) is 25.9 Å². The Kier molecular flexibility index (Phi) is 2.83. The van der Waals surface area contributed by atoms with Crippen molar-refractivity contribution >= 4 is 5.97 Å². The van der Waals surface area contributed by atoms with E-state index in [-0.39, 0.29) is 12.1 Å². The van der Waals surface area contributed by atoms with Crippen LogP contribution in [0, 0.1) is 5.92 Å². The van der Waals surface area contributed by atoms with Gasteiger partial charge in [0.05, 0.1) is 31.3 Å². The molecule has 0 N–H and O–H groups in total. The van der Waals surface area contributed by atoms with Gasteiger partial charge in [-0.1, -0.05) is 12.1 Å². The zero-order valence-corrected chi connectivity index (χ0v) is 10.7. The van der Waals surface area contributed by atoms with E-state index in [0.717, 1.165) is 12.1 Å². The zero-order chi connectivity index (χ0) is 14.5. The topological polar surface area (TPSA) is 35.5 Å². The van der Waals surface area contributed by atoms with Gasteiger partial charge in [0.1, 0.15) is 0 Å². The summed E-state index contributed by atoms with van der Waals surface area (Å²) >= 11 is 0. The van der Waals surface area contributed by atoms with E-state index >= 15 is 0 Å². The Hall–Kier alpha value is -1.56. The molecule has 2 bridgehead atoms. The molecule has 1 aromatic carbocycles. The fourth-order valence-corrected chi connectivity index (χ4v) is 3.23. The third kappa shape index (κ3) is 1.74. The van der Waals surface area contributed by atoms with E-state index in [9.17, 15) is 18.0 Å². The van der Waals surface area contributed by atoms with E-state index in [2.05, 4.69) is 0 Å². The Morgan fingerprint density at radius 3 is 2.50 bits per heavy atom.